The van der Waals surface area contributed by atoms with Gasteiger partial charge in [-0.25, -0.2) is 9.78 Å². The zero-order valence-electron chi connectivity index (χ0n) is 15.1. The molecule has 7 heteroatoms. The molecule has 1 aromatic heterocycles. The van der Waals surface area contributed by atoms with E-state index in [1.807, 2.05) is 36.4 Å². The molecule has 6 nitrogen and oxygen atoms in total. The van der Waals surface area contributed by atoms with Crippen molar-refractivity contribution in [1.82, 2.24) is 9.88 Å². The van der Waals surface area contributed by atoms with Crippen molar-refractivity contribution in [2.75, 3.05) is 7.05 Å². The number of Topliss-reactive ketones (excluding diaryl/α,β-unsaturated/α-hetero) is 1. The van der Waals surface area contributed by atoms with Gasteiger partial charge in [-0.2, -0.15) is 0 Å². The number of carboxylic acids is 1. The van der Waals surface area contributed by atoms with E-state index in [1.165, 1.54) is 4.90 Å². The van der Waals surface area contributed by atoms with Crippen LogP contribution < -0.4 is 0 Å². The number of ketones is 1. The summed E-state index contributed by atoms with van der Waals surface area (Å²) in [7, 11) is 1.61. The lowest BCUT2D eigenvalue weighted by Crippen LogP contribution is -2.30. The van der Waals surface area contributed by atoms with Crippen molar-refractivity contribution in [1.29, 1.82) is 0 Å². The number of rotatable bonds is 4. The monoisotopic (exact) mass is 396 g/mol. The van der Waals surface area contributed by atoms with E-state index in [0.29, 0.717) is 16.8 Å². The number of allylic oxidation sites excluding steroid dienone is 2. The Hall–Kier alpha value is -3.12. The van der Waals surface area contributed by atoms with E-state index in [-0.39, 0.29) is 30.3 Å². The molecule has 2 aliphatic rings. The number of ether oxygens (including phenoxy) is 1. The zero-order chi connectivity index (χ0) is 19.8. The number of hydrogen-bond acceptors (Lipinski definition) is 5. The summed E-state index contributed by atoms with van der Waals surface area (Å²) in [6.07, 6.45) is 3.33. The van der Waals surface area contributed by atoms with Crippen LogP contribution >= 0.6 is 11.6 Å². The molecular formula is C21H17ClN2O4. The second-order valence-electron chi connectivity index (χ2n) is 6.66. The van der Waals surface area contributed by atoms with Crippen LogP contribution in [0.5, 0.6) is 0 Å². The molecule has 1 aromatic carbocycles. The van der Waals surface area contributed by atoms with Crippen molar-refractivity contribution in [3.8, 4) is 0 Å². The number of aromatic nitrogens is 1. The Kier molecular flexibility index (Phi) is 4.65. The van der Waals surface area contributed by atoms with E-state index in [1.54, 1.807) is 19.3 Å². The zero-order valence-corrected chi connectivity index (χ0v) is 15.8. The van der Waals surface area contributed by atoms with Gasteiger partial charge < -0.3 is 14.7 Å². The maximum Gasteiger partial charge on any atom is 0.356 e. The van der Waals surface area contributed by atoms with Gasteiger partial charge in [-0.05, 0) is 23.8 Å². The first kappa shape index (κ1) is 18.3. The SMILES string of the molecule is CN1C=C2CC(=O)C(Cl)C=C2C(OCc2ccc3ccccc3n2)=C1C(=O)O. The van der Waals surface area contributed by atoms with Crippen molar-refractivity contribution in [2.24, 2.45) is 0 Å². The van der Waals surface area contributed by atoms with Crippen molar-refractivity contribution in [3.05, 3.63) is 77.0 Å². The van der Waals surface area contributed by atoms with Gasteiger partial charge in [-0.3, -0.25) is 4.79 Å². The molecule has 4 rings (SSSR count). The van der Waals surface area contributed by atoms with E-state index < -0.39 is 11.3 Å². The fourth-order valence-corrected chi connectivity index (χ4v) is 3.58. The number of likely N-dealkylation sites (N-methyl/N-ethyl adjacent to an activating group) is 1. The Morgan fingerprint density at radius 3 is 2.89 bits per heavy atom. The molecule has 28 heavy (non-hydrogen) atoms. The Bertz CT molecular complexity index is 1090. The summed E-state index contributed by atoms with van der Waals surface area (Å²) in [5, 5.41) is 9.88. The number of hydrogen-bond donors (Lipinski definition) is 1. The predicted molar refractivity (Wildman–Crippen MR) is 104 cm³/mol. The summed E-state index contributed by atoms with van der Waals surface area (Å²) in [6, 6.07) is 11.5. The maximum atomic E-state index is 12.0. The summed E-state index contributed by atoms with van der Waals surface area (Å²) in [5.74, 6) is -1.05. The fraction of sp³-hybridized carbons (Fsp3) is 0.190. The first-order valence-corrected chi connectivity index (χ1v) is 9.15. The van der Waals surface area contributed by atoms with Crippen LogP contribution in [0, 0.1) is 0 Å². The quantitative estimate of drug-likeness (QED) is 0.798. The fourth-order valence-electron chi connectivity index (χ4n) is 3.38. The van der Waals surface area contributed by atoms with Crippen LogP contribution in [0.4, 0.5) is 0 Å². The number of para-hydroxylation sites is 1. The van der Waals surface area contributed by atoms with Crippen LogP contribution in [0.2, 0.25) is 0 Å². The van der Waals surface area contributed by atoms with E-state index >= 15 is 0 Å². The number of aliphatic carboxylic acids is 1. The Morgan fingerprint density at radius 2 is 2.11 bits per heavy atom. The van der Waals surface area contributed by atoms with Gasteiger partial charge in [0.1, 0.15) is 12.0 Å². The molecule has 0 radical (unpaired) electrons. The Labute approximate surface area is 166 Å². The minimum atomic E-state index is -1.12. The highest BCUT2D eigenvalue weighted by atomic mass is 35.5. The van der Waals surface area contributed by atoms with Crippen LogP contribution in [0.25, 0.3) is 10.9 Å². The van der Waals surface area contributed by atoms with E-state index in [4.69, 9.17) is 16.3 Å². The van der Waals surface area contributed by atoms with Gasteiger partial charge in [0.25, 0.3) is 0 Å². The van der Waals surface area contributed by atoms with Crippen LogP contribution in [0.15, 0.2) is 71.3 Å². The molecule has 0 saturated carbocycles. The summed E-state index contributed by atoms with van der Waals surface area (Å²) in [5.41, 5.74) is 2.74. The predicted octanol–water partition coefficient (Wildman–Crippen LogP) is 3.38. The standard InChI is InChI=1S/C21H17ClN2O4/c1-24-10-13-8-18(25)16(22)9-15(13)20(19(24)21(26)27)28-11-14-7-6-12-4-2-3-5-17(12)23-14/h2-7,9-10,16H,8,11H2,1H3,(H,26,27). The number of carboxylic acid groups (broad SMARTS) is 1. The largest absolute Gasteiger partial charge is 0.484 e. The normalized spacial score (nSPS) is 19.3. The molecule has 0 saturated heterocycles. The number of carbonyl (C=O) groups excluding carboxylic acids is 1. The molecule has 0 fully saturated rings. The van der Waals surface area contributed by atoms with Gasteiger partial charge in [0, 0.05) is 30.6 Å². The number of benzene rings is 1. The van der Waals surface area contributed by atoms with Gasteiger partial charge >= 0.3 is 5.97 Å². The first-order valence-electron chi connectivity index (χ1n) is 8.72. The van der Waals surface area contributed by atoms with Crippen LogP contribution in [0.3, 0.4) is 0 Å². The molecule has 142 valence electrons. The lowest BCUT2D eigenvalue weighted by Gasteiger charge is -2.31. The average Bonchev–Trinajstić information content (AvgIpc) is 2.67. The number of pyridine rings is 1. The van der Waals surface area contributed by atoms with Gasteiger partial charge in [0.2, 0.25) is 0 Å². The first-order chi connectivity index (χ1) is 13.4. The van der Waals surface area contributed by atoms with Crippen LogP contribution in [-0.2, 0) is 20.9 Å². The Morgan fingerprint density at radius 1 is 1.32 bits per heavy atom. The van der Waals surface area contributed by atoms with Gasteiger partial charge in [0.15, 0.2) is 17.2 Å². The molecule has 0 bridgehead atoms. The molecule has 1 aliphatic heterocycles. The van der Waals surface area contributed by atoms with Crippen LogP contribution in [-0.4, -0.2) is 39.2 Å². The van der Waals surface area contributed by atoms with Crippen LogP contribution in [0.1, 0.15) is 12.1 Å². The molecule has 0 amide bonds. The molecule has 1 aliphatic carbocycles. The van der Waals surface area contributed by atoms with E-state index in [2.05, 4.69) is 4.98 Å². The number of nitrogens with zero attached hydrogens (tertiary/aromatic N) is 2. The number of carbonyl (C=O) groups is 2. The maximum absolute atomic E-state index is 12.0. The van der Waals surface area contributed by atoms with E-state index in [9.17, 15) is 14.7 Å². The molecule has 0 spiro atoms. The molecule has 1 atom stereocenters. The molecular weight excluding hydrogens is 380 g/mol. The topological polar surface area (TPSA) is 79.7 Å². The molecule has 2 aromatic rings. The highest BCUT2D eigenvalue weighted by Crippen LogP contribution is 2.37. The minimum absolute atomic E-state index is 0.00555. The lowest BCUT2D eigenvalue weighted by molar-refractivity contribution is -0.134. The van der Waals surface area contributed by atoms with Crippen molar-refractivity contribution >= 4 is 34.3 Å². The summed E-state index contributed by atoms with van der Waals surface area (Å²) >= 11 is 6.09. The van der Waals surface area contributed by atoms with Crippen molar-refractivity contribution in [2.45, 2.75) is 18.4 Å². The average molecular weight is 397 g/mol. The van der Waals surface area contributed by atoms with Gasteiger partial charge in [-0.15, -0.1) is 11.6 Å². The highest BCUT2D eigenvalue weighted by Gasteiger charge is 2.34. The summed E-state index contributed by atoms with van der Waals surface area (Å²) in [4.78, 5) is 29.8. The van der Waals surface area contributed by atoms with Crippen molar-refractivity contribution in [3.63, 3.8) is 0 Å². The number of alkyl halides is 1. The lowest BCUT2D eigenvalue weighted by atomic mass is 9.89. The second kappa shape index (κ2) is 7.13. The molecule has 1 N–H and O–H groups in total. The molecule has 2 heterocycles. The van der Waals surface area contributed by atoms with E-state index in [0.717, 1.165) is 10.9 Å². The summed E-state index contributed by atoms with van der Waals surface area (Å²) < 4.78 is 5.93. The number of halogens is 1. The Balaban J connectivity index is 1.69. The van der Waals surface area contributed by atoms with Gasteiger partial charge in [-0.1, -0.05) is 24.3 Å². The summed E-state index contributed by atoms with van der Waals surface area (Å²) in [6.45, 7) is 0.0936. The second-order valence-corrected chi connectivity index (χ2v) is 7.13. The minimum Gasteiger partial charge on any atom is -0.484 e. The number of fused-ring (bicyclic) bond motifs is 2. The van der Waals surface area contributed by atoms with Crippen molar-refractivity contribution < 1.29 is 19.4 Å². The third-order valence-electron chi connectivity index (χ3n) is 4.72. The third kappa shape index (κ3) is 3.27. The molecule has 1 unspecified atom stereocenters. The third-order valence-corrected chi connectivity index (χ3v) is 5.09. The highest BCUT2D eigenvalue weighted by molar-refractivity contribution is 6.33. The van der Waals surface area contributed by atoms with Gasteiger partial charge in [0.05, 0.1) is 11.2 Å². The smallest absolute Gasteiger partial charge is 0.356 e.